The summed E-state index contributed by atoms with van der Waals surface area (Å²) in [5, 5.41) is 0. The van der Waals surface area contributed by atoms with Gasteiger partial charge in [0.05, 0.1) is 30.0 Å². The van der Waals surface area contributed by atoms with Crippen molar-refractivity contribution < 1.29 is 111 Å². The van der Waals surface area contributed by atoms with Gasteiger partial charge >= 0.3 is 17.9 Å². The molecule has 0 N–H and O–H groups in total. The Morgan fingerprint density at radius 1 is 0.279 bits per heavy atom. The Labute approximate surface area is 616 Å². The highest BCUT2D eigenvalue weighted by molar-refractivity contribution is 5.75. The first kappa shape index (κ1) is 75.8. The van der Waals surface area contributed by atoms with Crippen LogP contribution in [-0.4, -0.2) is 119 Å². The Bertz CT molecular complexity index is 3020. The predicted molar refractivity (Wildman–Crippen MR) is 368 cm³/mol. The fourth-order valence-corrected chi connectivity index (χ4v) is 25.8. The van der Waals surface area contributed by atoms with E-state index in [1.165, 1.54) is 25.7 Å². The summed E-state index contributed by atoms with van der Waals surface area (Å²) in [7, 11) is 0. The van der Waals surface area contributed by atoms with Gasteiger partial charge in [0.25, 0.3) is 0 Å². The van der Waals surface area contributed by atoms with Gasteiger partial charge in [0, 0.05) is 79.4 Å². The SMILES string of the molecule is CCC1C(=O)O[C@@H]2O[C@]3(C)CCC4[C@H](C)CC[C@@H]1[C@]42OO3.CCC1C(=O)O[C@@H]2O[C@]3(C)CCC4[C@H](C)CC[C@@H]1[C@]42OO3.CCC1O[C@@H]2O[C@]3(C)CCC4[C@H](C)CC[C@@H]([C@H]1C)[C@]42OO3.CCC1O[C@@H]2O[C@]3(C)CCC4[C@H](C)CC[C@@H]([C@H]1C)[C@]42OO3.C[C@@H]1CC[C@H]2[C@@H](C)C(=O)O[C@@H]3O[C@@]4(C)CCC1[C@]32OO4. The molecule has 0 amide bonds. The fourth-order valence-electron chi connectivity index (χ4n) is 25.8. The zero-order valence-corrected chi connectivity index (χ0v) is 65.4. The van der Waals surface area contributed by atoms with Crippen molar-refractivity contribution in [1.29, 1.82) is 0 Å². The molecule has 0 aromatic heterocycles. The quantitative estimate of drug-likeness (QED) is 0.144. The number of esters is 3. The van der Waals surface area contributed by atoms with Gasteiger partial charge in [-0.1, -0.05) is 83.1 Å². The highest BCUT2D eigenvalue weighted by atomic mass is 17.3. The summed E-state index contributed by atoms with van der Waals surface area (Å²) in [6.07, 6.45) is 22.4. The van der Waals surface area contributed by atoms with Gasteiger partial charge in [0.15, 0.2) is 40.6 Å². The number of rotatable bonds is 4. The number of hydrogen-bond donors (Lipinski definition) is 0. The van der Waals surface area contributed by atoms with E-state index >= 15 is 0 Å². The van der Waals surface area contributed by atoms with Crippen LogP contribution in [0.2, 0.25) is 0 Å². The number of fused-ring (bicyclic) bond motifs is 10. The molecule has 23 heteroatoms. The third-order valence-corrected chi connectivity index (χ3v) is 31.8. The predicted octanol–water partition coefficient (Wildman–Crippen LogP) is 15.3. The molecule has 0 radical (unpaired) electrons. The highest BCUT2D eigenvalue weighted by Crippen LogP contribution is 2.67. The lowest BCUT2D eigenvalue weighted by Gasteiger charge is -2.60. The molecule has 20 saturated heterocycles. The fraction of sp³-hybridized carbons (Fsp3) is 0.963. The minimum atomic E-state index is -0.795. The first-order valence-corrected chi connectivity index (χ1v) is 41.6. The second-order valence-electron chi connectivity index (χ2n) is 37.6. The third-order valence-electron chi connectivity index (χ3n) is 31.8. The molecule has 5 saturated carbocycles. The lowest BCUT2D eigenvalue weighted by molar-refractivity contribution is -0.571. The molecule has 104 heavy (non-hydrogen) atoms. The summed E-state index contributed by atoms with van der Waals surface area (Å²) < 4.78 is 60.4. The van der Waals surface area contributed by atoms with Crippen LogP contribution < -0.4 is 0 Å². The van der Waals surface area contributed by atoms with Crippen LogP contribution in [0.4, 0.5) is 0 Å². The van der Waals surface area contributed by atoms with Crippen molar-refractivity contribution in [2.45, 2.75) is 372 Å². The van der Waals surface area contributed by atoms with Gasteiger partial charge in [0.1, 0.15) is 0 Å². The lowest BCUT2D eigenvalue weighted by atomic mass is 9.57. The van der Waals surface area contributed by atoms with Crippen LogP contribution in [0, 0.1) is 118 Å². The van der Waals surface area contributed by atoms with Crippen molar-refractivity contribution in [1.82, 2.24) is 0 Å². The average molecular weight is 1470 g/mol. The summed E-state index contributed by atoms with van der Waals surface area (Å²) in [6.45, 7) is 36.2. The number of ether oxygens (including phenoxy) is 10. The molecular formula is C81H126O23. The Morgan fingerprint density at radius 3 is 0.817 bits per heavy atom. The van der Waals surface area contributed by atoms with Crippen LogP contribution in [0.25, 0.3) is 0 Å². The zero-order chi connectivity index (χ0) is 73.4. The molecule has 10 bridgehead atoms. The summed E-state index contributed by atoms with van der Waals surface area (Å²) in [5.41, 5.74) is -2.61. The second-order valence-corrected chi connectivity index (χ2v) is 37.6. The molecular weight excluding hydrogens is 1340 g/mol. The van der Waals surface area contributed by atoms with E-state index in [1.807, 2.05) is 55.4 Å². The second kappa shape index (κ2) is 27.3. The Balaban J connectivity index is 0.000000100. The lowest BCUT2D eigenvalue weighted by Crippen LogP contribution is -2.70. The van der Waals surface area contributed by atoms with Crippen LogP contribution in [-0.2, 0) is 111 Å². The maximum atomic E-state index is 12.4. The monoisotopic (exact) mass is 1470 g/mol. The summed E-state index contributed by atoms with van der Waals surface area (Å²) in [5.74, 6) is 2.69. The molecule has 0 aromatic carbocycles. The summed E-state index contributed by atoms with van der Waals surface area (Å²) in [6, 6.07) is 0. The van der Waals surface area contributed by atoms with E-state index in [0.29, 0.717) is 82.9 Å². The van der Waals surface area contributed by atoms with Crippen LogP contribution in [0.3, 0.4) is 0 Å². The molecule has 37 atom stereocenters. The van der Waals surface area contributed by atoms with Crippen LogP contribution in [0.1, 0.15) is 272 Å². The van der Waals surface area contributed by atoms with Gasteiger partial charge in [-0.15, -0.1) is 0 Å². The largest absolute Gasteiger partial charge is 0.432 e. The van der Waals surface area contributed by atoms with Crippen molar-refractivity contribution in [3.05, 3.63) is 0 Å². The molecule has 25 aliphatic rings. The molecule has 25 fully saturated rings. The van der Waals surface area contributed by atoms with Crippen molar-refractivity contribution in [2.24, 2.45) is 118 Å². The molecule has 20 heterocycles. The zero-order valence-electron chi connectivity index (χ0n) is 65.4. The number of carbonyl (C=O) groups excluding carboxylic acids is 3. The van der Waals surface area contributed by atoms with Gasteiger partial charge in [-0.25, -0.2) is 48.9 Å². The van der Waals surface area contributed by atoms with E-state index in [9.17, 15) is 14.4 Å². The first-order valence-electron chi connectivity index (χ1n) is 41.6. The molecule has 20 aliphatic heterocycles. The molecule has 5 spiro atoms. The minimum absolute atomic E-state index is 0.106. The van der Waals surface area contributed by atoms with E-state index in [4.69, 9.17) is 96.2 Å². The van der Waals surface area contributed by atoms with Crippen molar-refractivity contribution in [3.63, 3.8) is 0 Å². The molecule has 9 unspecified atom stereocenters. The Hall–Kier alpha value is -2.27. The third kappa shape index (κ3) is 11.5. The number of hydrogen-bond acceptors (Lipinski definition) is 23. The normalized spacial score (nSPS) is 57.5. The smallest absolute Gasteiger partial charge is 0.311 e. The van der Waals surface area contributed by atoms with E-state index in [0.717, 1.165) is 128 Å². The molecule has 25 rings (SSSR count). The molecule has 23 nitrogen and oxygen atoms in total. The highest BCUT2D eigenvalue weighted by Gasteiger charge is 2.76. The van der Waals surface area contributed by atoms with Gasteiger partial charge in [-0.05, 0) is 210 Å². The van der Waals surface area contributed by atoms with Crippen molar-refractivity contribution in [3.8, 4) is 0 Å². The maximum absolute atomic E-state index is 12.4. The topological polar surface area (TPSA) is 236 Å². The maximum Gasteiger partial charge on any atom is 0.311 e. The Morgan fingerprint density at radius 2 is 0.529 bits per heavy atom. The van der Waals surface area contributed by atoms with Gasteiger partial charge in [-0.3, -0.25) is 14.4 Å². The van der Waals surface area contributed by atoms with E-state index in [-0.39, 0.29) is 78.2 Å². The van der Waals surface area contributed by atoms with Gasteiger partial charge in [-0.2, -0.15) is 0 Å². The molecule has 5 aliphatic carbocycles. The minimum Gasteiger partial charge on any atom is -0.432 e. The summed E-state index contributed by atoms with van der Waals surface area (Å²) in [4.78, 5) is 95.5. The van der Waals surface area contributed by atoms with Gasteiger partial charge in [0.2, 0.25) is 47.8 Å². The van der Waals surface area contributed by atoms with Crippen LogP contribution in [0.5, 0.6) is 0 Å². The summed E-state index contributed by atoms with van der Waals surface area (Å²) >= 11 is 0. The van der Waals surface area contributed by atoms with Crippen molar-refractivity contribution >= 4 is 17.9 Å². The van der Waals surface area contributed by atoms with Gasteiger partial charge < -0.3 is 47.4 Å². The molecule has 0 aromatic rings. The standard InChI is InChI=1S/2C17H28O4.2C16H24O5.C15H22O5/c2*1-5-14-11(3)13-7-6-10(2)12-8-9-16(4)19-15(18-14)17(12,13)21-20-16;2*1-4-10-12-6-5-9(2)11-7-8-15(3)19-14(18-13(10)17)16(11,12)21-20-15;1-8-4-5-11-9(2)12(16)17-13-15(11)10(8)6-7-14(3,18-13)19-20-15/h2*10-15H,5-9H2,1-4H3;2*9-12,14H,4-8H2,1-3H3;8-11,13H,4-7H2,1-3H3/t2*10-,11-,12?,13+,14?,15-,16+,17-;2*9-,10?,11?,12+,14-,15+,16-;8-,9-,10?,11+,13-,14-,15-/m11111/s1. The van der Waals surface area contributed by atoms with Crippen LogP contribution >= 0.6 is 0 Å². The van der Waals surface area contributed by atoms with E-state index in [1.54, 1.807) is 0 Å². The van der Waals surface area contributed by atoms with Crippen molar-refractivity contribution in [2.75, 3.05) is 0 Å². The first-order chi connectivity index (χ1) is 49.5. The van der Waals surface area contributed by atoms with E-state index in [2.05, 4.69) is 62.3 Å². The average Bonchev–Trinajstić information content (AvgIpc) is 1.36. The number of carbonyl (C=O) groups is 3. The Kier molecular flexibility index (Phi) is 19.9. The van der Waals surface area contributed by atoms with Crippen LogP contribution in [0.15, 0.2) is 0 Å². The molecule has 588 valence electrons. The van der Waals surface area contributed by atoms with E-state index < -0.39 is 75.8 Å².